The number of nitriles is 1. The van der Waals surface area contributed by atoms with Crippen LogP contribution in [0.4, 0.5) is 5.69 Å². The third-order valence-electron chi connectivity index (χ3n) is 3.87. The largest absolute Gasteiger partial charge is 0.354 e. The number of hydrogen-bond acceptors (Lipinski definition) is 3. The molecule has 22 heavy (non-hydrogen) atoms. The molecule has 0 saturated heterocycles. The maximum absolute atomic E-state index is 12.1. The van der Waals surface area contributed by atoms with E-state index in [1.807, 2.05) is 12.1 Å². The summed E-state index contributed by atoms with van der Waals surface area (Å²) in [6.07, 6.45) is 3.22. The summed E-state index contributed by atoms with van der Waals surface area (Å²) in [6, 6.07) is 9.42. The van der Waals surface area contributed by atoms with Gasteiger partial charge in [-0.25, -0.2) is 0 Å². The Morgan fingerprint density at radius 3 is 2.45 bits per heavy atom. The summed E-state index contributed by atoms with van der Waals surface area (Å²) < 4.78 is 0.941. The van der Waals surface area contributed by atoms with Gasteiger partial charge in [0.2, 0.25) is 11.8 Å². The minimum Gasteiger partial charge on any atom is -0.354 e. The van der Waals surface area contributed by atoms with Crippen molar-refractivity contribution in [3.05, 3.63) is 28.7 Å². The fourth-order valence-electron chi connectivity index (χ4n) is 2.58. The Morgan fingerprint density at radius 1 is 1.23 bits per heavy atom. The first-order valence-corrected chi connectivity index (χ1v) is 8.10. The SMILES string of the molecule is N#CC1(C(=O)NCCC(=O)Nc2ccc(Br)cc2)CCCC1. The van der Waals surface area contributed by atoms with Crippen molar-refractivity contribution >= 4 is 33.4 Å². The lowest BCUT2D eigenvalue weighted by molar-refractivity contribution is -0.128. The Kier molecular flexibility index (Phi) is 5.56. The molecule has 1 saturated carbocycles. The van der Waals surface area contributed by atoms with Crippen LogP contribution in [0.3, 0.4) is 0 Å². The molecule has 0 spiro atoms. The van der Waals surface area contributed by atoms with Gasteiger partial charge in [-0.3, -0.25) is 9.59 Å². The molecule has 0 unspecified atom stereocenters. The number of amides is 2. The number of halogens is 1. The van der Waals surface area contributed by atoms with E-state index in [4.69, 9.17) is 0 Å². The van der Waals surface area contributed by atoms with Crippen molar-refractivity contribution in [1.82, 2.24) is 5.32 Å². The fraction of sp³-hybridized carbons (Fsp3) is 0.438. The van der Waals surface area contributed by atoms with Crippen LogP contribution >= 0.6 is 15.9 Å². The second-order valence-electron chi connectivity index (χ2n) is 5.46. The van der Waals surface area contributed by atoms with E-state index < -0.39 is 5.41 Å². The molecule has 1 aliphatic rings. The number of hydrogen-bond donors (Lipinski definition) is 2. The Balaban J connectivity index is 1.76. The minimum atomic E-state index is -0.887. The summed E-state index contributed by atoms with van der Waals surface area (Å²) in [5.41, 5.74) is -0.175. The third kappa shape index (κ3) is 4.08. The smallest absolute Gasteiger partial charge is 0.240 e. The number of rotatable bonds is 5. The molecule has 1 aliphatic carbocycles. The molecule has 1 aromatic carbocycles. The van der Waals surface area contributed by atoms with Crippen LogP contribution in [0.25, 0.3) is 0 Å². The maximum Gasteiger partial charge on any atom is 0.240 e. The third-order valence-corrected chi connectivity index (χ3v) is 4.40. The number of benzene rings is 1. The van der Waals surface area contributed by atoms with Gasteiger partial charge in [0.25, 0.3) is 0 Å². The van der Waals surface area contributed by atoms with Gasteiger partial charge in [-0.15, -0.1) is 0 Å². The number of carbonyl (C=O) groups is 2. The number of nitrogens with zero attached hydrogens (tertiary/aromatic N) is 1. The van der Waals surface area contributed by atoms with E-state index in [0.717, 1.165) is 17.3 Å². The Morgan fingerprint density at radius 2 is 1.86 bits per heavy atom. The molecular formula is C16H18BrN3O2. The van der Waals surface area contributed by atoms with E-state index in [9.17, 15) is 14.9 Å². The van der Waals surface area contributed by atoms with Gasteiger partial charge < -0.3 is 10.6 Å². The lowest BCUT2D eigenvalue weighted by Crippen LogP contribution is -2.39. The van der Waals surface area contributed by atoms with Crippen molar-refractivity contribution in [3.8, 4) is 6.07 Å². The van der Waals surface area contributed by atoms with Gasteiger partial charge in [0, 0.05) is 23.1 Å². The maximum atomic E-state index is 12.1. The van der Waals surface area contributed by atoms with Gasteiger partial charge in [0.1, 0.15) is 5.41 Å². The molecule has 0 aromatic heterocycles. The monoisotopic (exact) mass is 363 g/mol. The summed E-state index contributed by atoms with van der Waals surface area (Å²) >= 11 is 3.33. The highest BCUT2D eigenvalue weighted by Crippen LogP contribution is 2.37. The van der Waals surface area contributed by atoms with Gasteiger partial charge in [-0.1, -0.05) is 28.8 Å². The first-order chi connectivity index (χ1) is 10.6. The van der Waals surface area contributed by atoms with Crippen LogP contribution in [0.1, 0.15) is 32.1 Å². The van der Waals surface area contributed by atoms with Crippen molar-refractivity contribution in [1.29, 1.82) is 5.26 Å². The van der Waals surface area contributed by atoms with E-state index in [1.54, 1.807) is 12.1 Å². The molecule has 0 bridgehead atoms. The summed E-state index contributed by atoms with van der Waals surface area (Å²) in [6.45, 7) is 0.241. The lowest BCUT2D eigenvalue weighted by Gasteiger charge is -2.19. The molecule has 6 heteroatoms. The zero-order valence-corrected chi connectivity index (χ0v) is 13.8. The molecule has 1 aromatic rings. The lowest BCUT2D eigenvalue weighted by atomic mass is 9.87. The van der Waals surface area contributed by atoms with Gasteiger partial charge >= 0.3 is 0 Å². The molecule has 2 N–H and O–H groups in total. The van der Waals surface area contributed by atoms with Crippen molar-refractivity contribution < 1.29 is 9.59 Å². The van der Waals surface area contributed by atoms with E-state index in [-0.39, 0.29) is 24.8 Å². The quantitative estimate of drug-likeness (QED) is 0.843. The highest BCUT2D eigenvalue weighted by atomic mass is 79.9. The van der Waals surface area contributed by atoms with Crippen molar-refractivity contribution in [2.45, 2.75) is 32.1 Å². The highest BCUT2D eigenvalue weighted by Gasteiger charge is 2.41. The predicted molar refractivity (Wildman–Crippen MR) is 86.9 cm³/mol. The van der Waals surface area contributed by atoms with Gasteiger partial charge in [-0.05, 0) is 37.1 Å². The van der Waals surface area contributed by atoms with Crippen LogP contribution in [-0.2, 0) is 9.59 Å². The number of anilines is 1. The highest BCUT2D eigenvalue weighted by molar-refractivity contribution is 9.10. The first kappa shape index (κ1) is 16.5. The zero-order valence-electron chi connectivity index (χ0n) is 12.2. The molecule has 0 heterocycles. The summed E-state index contributed by atoms with van der Waals surface area (Å²) in [4.78, 5) is 23.9. The molecule has 1 fully saturated rings. The number of carbonyl (C=O) groups excluding carboxylic acids is 2. The average molecular weight is 364 g/mol. The molecule has 116 valence electrons. The molecule has 0 atom stereocenters. The first-order valence-electron chi connectivity index (χ1n) is 7.31. The predicted octanol–water partition coefficient (Wildman–Crippen LogP) is 2.98. The Hall–Kier alpha value is -1.87. The second kappa shape index (κ2) is 7.41. The van der Waals surface area contributed by atoms with Gasteiger partial charge in [0.05, 0.1) is 6.07 Å². The van der Waals surface area contributed by atoms with Gasteiger partial charge in [0.15, 0.2) is 0 Å². The van der Waals surface area contributed by atoms with Crippen molar-refractivity contribution in [2.24, 2.45) is 5.41 Å². The molecule has 0 aliphatic heterocycles. The van der Waals surface area contributed by atoms with Gasteiger partial charge in [-0.2, -0.15) is 5.26 Å². The molecule has 5 nitrogen and oxygen atoms in total. The zero-order chi connectivity index (χ0) is 16.0. The summed E-state index contributed by atoms with van der Waals surface area (Å²) in [5.74, 6) is -0.413. The Labute approximate surface area is 138 Å². The van der Waals surface area contributed by atoms with Crippen molar-refractivity contribution in [3.63, 3.8) is 0 Å². The van der Waals surface area contributed by atoms with Crippen LogP contribution in [0.2, 0.25) is 0 Å². The second-order valence-corrected chi connectivity index (χ2v) is 6.38. The molecule has 0 radical (unpaired) electrons. The summed E-state index contributed by atoms with van der Waals surface area (Å²) in [7, 11) is 0. The van der Waals surface area contributed by atoms with Crippen LogP contribution in [0, 0.1) is 16.7 Å². The van der Waals surface area contributed by atoms with Crippen LogP contribution < -0.4 is 10.6 Å². The topological polar surface area (TPSA) is 82.0 Å². The Bertz CT molecular complexity index is 586. The van der Waals surface area contributed by atoms with E-state index in [2.05, 4.69) is 32.6 Å². The van der Waals surface area contributed by atoms with Crippen LogP contribution in [0.5, 0.6) is 0 Å². The minimum absolute atomic E-state index is 0.167. The fourth-order valence-corrected chi connectivity index (χ4v) is 2.85. The normalized spacial score (nSPS) is 15.8. The van der Waals surface area contributed by atoms with E-state index in [1.165, 1.54) is 0 Å². The summed E-state index contributed by atoms with van der Waals surface area (Å²) in [5, 5.41) is 14.7. The van der Waals surface area contributed by atoms with E-state index in [0.29, 0.717) is 18.5 Å². The van der Waals surface area contributed by atoms with E-state index >= 15 is 0 Å². The van der Waals surface area contributed by atoms with Crippen LogP contribution in [0.15, 0.2) is 28.7 Å². The molecule has 2 amide bonds. The standard InChI is InChI=1S/C16H18BrN3O2/c17-12-3-5-13(6-4-12)20-14(21)7-10-19-15(22)16(11-18)8-1-2-9-16/h3-6H,1-2,7-10H2,(H,19,22)(H,20,21). The molecular weight excluding hydrogens is 346 g/mol. The number of nitrogens with one attached hydrogen (secondary N) is 2. The molecule has 2 rings (SSSR count). The van der Waals surface area contributed by atoms with Crippen LogP contribution in [-0.4, -0.2) is 18.4 Å². The average Bonchev–Trinajstić information content (AvgIpc) is 3.00. The van der Waals surface area contributed by atoms with Crippen molar-refractivity contribution in [2.75, 3.05) is 11.9 Å².